The van der Waals surface area contributed by atoms with Gasteiger partial charge in [0.15, 0.2) is 0 Å². The molecule has 4 heteroatoms. The summed E-state index contributed by atoms with van der Waals surface area (Å²) >= 11 is 0. The first-order valence-corrected chi connectivity index (χ1v) is 10.6. The Kier molecular flexibility index (Phi) is 4.02. The molecule has 2 aliphatic carbocycles. The van der Waals surface area contributed by atoms with E-state index in [0.717, 1.165) is 18.4 Å². The van der Waals surface area contributed by atoms with Crippen LogP contribution in [0.5, 0.6) is 0 Å². The topological polar surface area (TPSA) is 54.5 Å². The van der Waals surface area contributed by atoms with Gasteiger partial charge in [0.2, 0.25) is 5.82 Å². The lowest BCUT2D eigenvalue weighted by molar-refractivity contribution is 0.332. The average Bonchev–Trinajstić information content (AvgIpc) is 3.36. The maximum Gasteiger partial charge on any atom is 0.204 e. The van der Waals surface area contributed by atoms with Crippen LogP contribution in [-0.4, -0.2) is 20.6 Å². The van der Waals surface area contributed by atoms with Gasteiger partial charge in [0.05, 0.1) is 0 Å². The molecule has 0 bridgehead atoms. The van der Waals surface area contributed by atoms with Crippen LogP contribution < -0.4 is 0 Å². The lowest BCUT2D eigenvalue weighted by Crippen LogP contribution is -2.33. The van der Waals surface area contributed by atoms with E-state index < -0.39 is 0 Å². The molecule has 0 atom stereocenters. The van der Waals surface area contributed by atoms with E-state index in [2.05, 4.69) is 90.8 Å². The quantitative estimate of drug-likeness (QED) is 0.616. The molecule has 1 N–H and O–H groups in total. The summed E-state index contributed by atoms with van der Waals surface area (Å²) in [5, 5.41) is 14.4. The first-order valence-electron chi connectivity index (χ1n) is 10.6. The van der Waals surface area contributed by atoms with Crippen molar-refractivity contribution in [3.8, 4) is 11.4 Å². The summed E-state index contributed by atoms with van der Waals surface area (Å²) in [5.41, 5.74) is 10.0. The van der Waals surface area contributed by atoms with E-state index in [9.17, 15) is 0 Å². The third-order valence-corrected chi connectivity index (χ3v) is 6.94. The van der Waals surface area contributed by atoms with Gasteiger partial charge in [-0.15, -0.1) is 10.2 Å². The molecule has 148 valence electrons. The maximum absolute atomic E-state index is 4.10. The number of fused-ring (bicyclic) bond motifs is 2. The second-order valence-corrected chi connectivity index (χ2v) is 9.85. The number of H-pyrrole nitrogens is 1. The molecule has 4 nitrogen and oxygen atoms in total. The molecule has 3 aromatic rings. The van der Waals surface area contributed by atoms with E-state index in [4.69, 9.17) is 0 Å². The molecule has 0 radical (unpaired) electrons. The van der Waals surface area contributed by atoms with Crippen molar-refractivity contribution in [2.75, 3.05) is 0 Å². The van der Waals surface area contributed by atoms with Crippen molar-refractivity contribution >= 4 is 11.6 Å². The maximum atomic E-state index is 4.10. The van der Waals surface area contributed by atoms with Gasteiger partial charge in [-0.2, -0.15) is 5.21 Å². The molecular weight excluding hydrogens is 356 g/mol. The van der Waals surface area contributed by atoms with E-state index in [-0.39, 0.29) is 10.8 Å². The Morgan fingerprint density at radius 2 is 1.69 bits per heavy atom. The van der Waals surface area contributed by atoms with Crippen LogP contribution in [-0.2, 0) is 17.3 Å². The highest BCUT2D eigenvalue weighted by atomic mass is 15.5. The van der Waals surface area contributed by atoms with E-state index in [1.54, 1.807) is 0 Å². The number of aromatic amines is 1. The largest absolute Gasteiger partial charge is 0.204 e. The van der Waals surface area contributed by atoms with Crippen molar-refractivity contribution in [2.45, 2.75) is 64.2 Å². The highest BCUT2D eigenvalue weighted by Crippen LogP contribution is 2.46. The molecule has 1 aromatic heterocycles. The summed E-state index contributed by atoms with van der Waals surface area (Å²) in [6.07, 6.45) is 7.03. The molecule has 0 saturated carbocycles. The Balaban J connectivity index is 1.52. The number of rotatable bonds is 2. The van der Waals surface area contributed by atoms with Gasteiger partial charge in [-0.25, -0.2) is 0 Å². The van der Waals surface area contributed by atoms with Gasteiger partial charge in [0, 0.05) is 5.56 Å². The lowest BCUT2D eigenvalue weighted by atomic mass is 9.63. The number of nitrogens with one attached hydrogen (secondary N) is 1. The molecule has 0 aliphatic heterocycles. The van der Waals surface area contributed by atoms with Crippen LogP contribution in [0, 0.1) is 0 Å². The Morgan fingerprint density at radius 1 is 0.897 bits per heavy atom. The van der Waals surface area contributed by atoms with Crippen LogP contribution >= 0.6 is 0 Å². The molecule has 2 aliphatic rings. The smallest absolute Gasteiger partial charge is 0.177 e. The van der Waals surface area contributed by atoms with Crippen LogP contribution in [0.15, 0.2) is 36.4 Å². The first kappa shape index (κ1) is 18.3. The molecule has 0 amide bonds. The minimum absolute atomic E-state index is 0.243. The van der Waals surface area contributed by atoms with Crippen LogP contribution in [0.3, 0.4) is 0 Å². The molecule has 5 rings (SSSR count). The number of benzene rings is 2. The summed E-state index contributed by atoms with van der Waals surface area (Å²) in [6, 6.07) is 13.6. The Labute approximate surface area is 172 Å². The van der Waals surface area contributed by atoms with Crippen molar-refractivity contribution in [1.29, 1.82) is 0 Å². The number of allylic oxidation sites excluding steroid dienone is 1. The van der Waals surface area contributed by atoms with E-state index in [1.165, 1.54) is 46.2 Å². The van der Waals surface area contributed by atoms with Crippen LogP contribution in [0.2, 0.25) is 0 Å². The highest BCUT2D eigenvalue weighted by molar-refractivity contribution is 5.86. The SMILES string of the molecule is CC1(C)CCC(C)(C)c2cc(/C=C3\CCc4cc(-c5nn[nH]n5)ccc43)ccc21. The number of hydrogen-bond acceptors (Lipinski definition) is 3. The molecule has 2 aromatic carbocycles. The summed E-state index contributed by atoms with van der Waals surface area (Å²) in [6.45, 7) is 9.55. The summed E-state index contributed by atoms with van der Waals surface area (Å²) in [4.78, 5) is 0. The number of hydrogen-bond donors (Lipinski definition) is 1. The monoisotopic (exact) mass is 384 g/mol. The zero-order chi connectivity index (χ0) is 20.2. The Hall–Kier alpha value is -2.75. The summed E-state index contributed by atoms with van der Waals surface area (Å²) in [7, 11) is 0. The third-order valence-electron chi connectivity index (χ3n) is 6.94. The van der Waals surface area contributed by atoms with Crippen molar-refractivity contribution in [3.05, 3.63) is 64.2 Å². The zero-order valence-electron chi connectivity index (χ0n) is 17.7. The number of aryl methyl sites for hydroxylation is 1. The summed E-state index contributed by atoms with van der Waals surface area (Å²) in [5.74, 6) is 0.657. The molecule has 0 unspecified atom stereocenters. The van der Waals surface area contributed by atoms with Crippen LogP contribution in [0.25, 0.3) is 23.0 Å². The van der Waals surface area contributed by atoms with Gasteiger partial charge < -0.3 is 0 Å². The highest BCUT2D eigenvalue weighted by Gasteiger charge is 2.36. The lowest BCUT2D eigenvalue weighted by Gasteiger charge is -2.42. The predicted octanol–water partition coefficient (Wildman–Crippen LogP) is 5.70. The van der Waals surface area contributed by atoms with Crippen LogP contribution in [0.4, 0.5) is 0 Å². The fourth-order valence-electron chi connectivity index (χ4n) is 4.99. The van der Waals surface area contributed by atoms with Gasteiger partial charge in [0.25, 0.3) is 0 Å². The van der Waals surface area contributed by atoms with Gasteiger partial charge in [-0.05, 0) is 81.2 Å². The molecule has 0 fully saturated rings. The zero-order valence-corrected chi connectivity index (χ0v) is 17.7. The van der Waals surface area contributed by atoms with Gasteiger partial charge in [-0.3, -0.25) is 0 Å². The van der Waals surface area contributed by atoms with Crippen molar-refractivity contribution in [1.82, 2.24) is 20.6 Å². The third kappa shape index (κ3) is 3.11. The second-order valence-electron chi connectivity index (χ2n) is 9.85. The minimum Gasteiger partial charge on any atom is -0.177 e. The Morgan fingerprint density at radius 3 is 2.45 bits per heavy atom. The standard InChI is InChI=1S/C25H28N4/c1-24(2)11-12-25(3,4)22-14-16(5-10-21(22)24)13-17-6-7-18-15-19(8-9-20(17)18)23-26-28-29-27-23/h5,8-10,13-15H,6-7,11-12H2,1-4H3,(H,26,27,28,29)/b17-13+. The average molecular weight is 385 g/mol. The van der Waals surface area contributed by atoms with Crippen molar-refractivity contribution in [3.63, 3.8) is 0 Å². The van der Waals surface area contributed by atoms with E-state index in [1.807, 2.05) is 0 Å². The molecule has 1 heterocycles. The number of aromatic nitrogens is 4. The van der Waals surface area contributed by atoms with Gasteiger partial charge in [0.1, 0.15) is 0 Å². The first-order chi connectivity index (χ1) is 13.8. The predicted molar refractivity (Wildman–Crippen MR) is 118 cm³/mol. The van der Waals surface area contributed by atoms with E-state index >= 15 is 0 Å². The number of tetrazole rings is 1. The fraction of sp³-hybridized carbons (Fsp3) is 0.400. The van der Waals surface area contributed by atoms with E-state index in [0.29, 0.717) is 5.82 Å². The summed E-state index contributed by atoms with van der Waals surface area (Å²) < 4.78 is 0. The molecule has 29 heavy (non-hydrogen) atoms. The second kappa shape index (κ2) is 6.38. The van der Waals surface area contributed by atoms with Crippen LogP contribution in [0.1, 0.15) is 74.8 Å². The van der Waals surface area contributed by atoms with Crippen molar-refractivity contribution in [2.24, 2.45) is 0 Å². The molecule has 0 spiro atoms. The minimum atomic E-state index is 0.243. The Bertz CT molecular complexity index is 1100. The number of nitrogens with zero attached hydrogens (tertiary/aromatic N) is 3. The van der Waals surface area contributed by atoms with Gasteiger partial charge in [-0.1, -0.05) is 64.1 Å². The van der Waals surface area contributed by atoms with Gasteiger partial charge >= 0.3 is 0 Å². The normalized spacial score (nSPS) is 20.5. The van der Waals surface area contributed by atoms with Crippen molar-refractivity contribution < 1.29 is 0 Å². The fourth-order valence-corrected chi connectivity index (χ4v) is 4.99. The molecule has 0 saturated heterocycles. The molecular formula is C25H28N4.